The summed E-state index contributed by atoms with van der Waals surface area (Å²) in [5.74, 6) is -0.914. The van der Waals surface area contributed by atoms with E-state index in [2.05, 4.69) is 0 Å². The molecule has 8 heteroatoms. The average Bonchev–Trinajstić information content (AvgIpc) is 3.30. The fourth-order valence-corrected chi connectivity index (χ4v) is 3.94. The first-order valence-corrected chi connectivity index (χ1v) is 10.0. The minimum atomic E-state index is -0.612. The van der Waals surface area contributed by atoms with Gasteiger partial charge in [0.25, 0.3) is 0 Å². The fraction of sp³-hybridized carbons (Fsp3) is 0.304. The van der Waals surface area contributed by atoms with E-state index < -0.39 is 11.9 Å². The first kappa shape index (κ1) is 20.6. The Morgan fingerprint density at radius 1 is 0.968 bits per heavy atom. The Bertz CT molecular complexity index is 1060. The summed E-state index contributed by atoms with van der Waals surface area (Å²) in [7, 11) is 1.53. The second kappa shape index (κ2) is 8.22. The number of para-hydroxylation sites is 2. The van der Waals surface area contributed by atoms with Gasteiger partial charge in [0.15, 0.2) is 0 Å². The molecule has 0 unspecified atom stereocenters. The van der Waals surface area contributed by atoms with Gasteiger partial charge in [0.2, 0.25) is 17.7 Å². The summed E-state index contributed by atoms with van der Waals surface area (Å²) in [5, 5.41) is 0. The van der Waals surface area contributed by atoms with E-state index in [9.17, 15) is 19.2 Å². The summed E-state index contributed by atoms with van der Waals surface area (Å²) in [5.41, 5.74) is 1.75. The molecule has 0 saturated carbocycles. The maximum atomic E-state index is 12.7. The van der Waals surface area contributed by atoms with E-state index in [1.807, 2.05) is 6.07 Å². The van der Waals surface area contributed by atoms with Gasteiger partial charge in [-0.3, -0.25) is 24.1 Å². The quantitative estimate of drug-likeness (QED) is 0.418. The molecule has 160 valence electrons. The highest BCUT2D eigenvalue weighted by atomic mass is 16.5. The second-order valence-electron chi connectivity index (χ2n) is 7.57. The molecule has 2 aliphatic heterocycles. The Labute approximate surface area is 179 Å². The van der Waals surface area contributed by atoms with Crippen LogP contribution in [0.4, 0.5) is 11.4 Å². The Morgan fingerprint density at radius 2 is 1.68 bits per heavy atom. The first-order valence-electron chi connectivity index (χ1n) is 10.0. The third kappa shape index (κ3) is 3.88. The summed E-state index contributed by atoms with van der Waals surface area (Å²) < 4.78 is 10.8. The summed E-state index contributed by atoms with van der Waals surface area (Å²) in [6, 6.07) is 11.9. The number of benzene rings is 2. The van der Waals surface area contributed by atoms with Crippen molar-refractivity contribution < 1.29 is 28.7 Å². The zero-order valence-electron chi connectivity index (χ0n) is 17.3. The van der Waals surface area contributed by atoms with Crippen molar-refractivity contribution in [1.82, 2.24) is 0 Å². The van der Waals surface area contributed by atoms with Gasteiger partial charge in [-0.1, -0.05) is 12.1 Å². The monoisotopic (exact) mass is 422 g/mol. The lowest BCUT2D eigenvalue weighted by atomic mass is 10.1. The number of imide groups is 1. The van der Waals surface area contributed by atoms with Gasteiger partial charge in [-0.15, -0.1) is 0 Å². The number of aryl methyl sites for hydroxylation is 1. The lowest BCUT2D eigenvalue weighted by Crippen LogP contribution is -2.29. The van der Waals surface area contributed by atoms with Crippen molar-refractivity contribution in [3.63, 3.8) is 0 Å². The molecule has 0 aliphatic carbocycles. The lowest BCUT2D eigenvalue weighted by Gasteiger charge is -2.19. The van der Waals surface area contributed by atoms with Crippen LogP contribution in [0.5, 0.6) is 11.5 Å². The summed E-state index contributed by atoms with van der Waals surface area (Å²) >= 11 is 0. The van der Waals surface area contributed by atoms with Crippen LogP contribution >= 0.6 is 0 Å². The molecule has 4 rings (SSSR count). The van der Waals surface area contributed by atoms with Crippen LogP contribution in [0.1, 0.15) is 24.8 Å². The molecule has 0 radical (unpaired) electrons. The number of nitrogens with zero attached hydrogens (tertiary/aromatic N) is 2. The summed E-state index contributed by atoms with van der Waals surface area (Å²) in [4.78, 5) is 51.9. The highest BCUT2D eigenvalue weighted by molar-refractivity contribution is 6.20. The van der Waals surface area contributed by atoms with Crippen LogP contribution in [0.15, 0.2) is 42.5 Å². The number of ether oxygens (including phenoxy) is 2. The molecule has 2 saturated heterocycles. The molecule has 8 nitrogen and oxygen atoms in total. The maximum absolute atomic E-state index is 12.7. The Morgan fingerprint density at radius 3 is 2.35 bits per heavy atom. The van der Waals surface area contributed by atoms with Crippen molar-refractivity contribution in [1.29, 1.82) is 0 Å². The minimum Gasteiger partial charge on any atom is -0.495 e. The molecule has 1 atom stereocenters. The van der Waals surface area contributed by atoms with Gasteiger partial charge in [0.05, 0.1) is 24.4 Å². The SMILES string of the molecule is COc1ccccc1N1C[C@H](C(=O)Oc2ccc(N3C(=O)CCC3=O)c(C)c2)CC1=O. The highest BCUT2D eigenvalue weighted by Crippen LogP contribution is 2.34. The van der Waals surface area contributed by atoms with Crippen LogP contribution in [0, 0.1) is 12.8 Å². The van der Waals surface area contributed by atoms with Gasteiger partial charge in [-0.25, -0.2) is 0 Å². The van der Waals surface area contributed by atoms with Crippen LogP contribution in [-0.2, 0) is 19.2 Å². The van der Waals surface area contributed by atoms with Crippen molar-refractivity contribution in [3.05, 3.63) is 48.0 Å². The third-order valence-corrected chi connectivity index (χ3v) is 5.51. The predicted molar refractivity (Wildman–Crippen MR) is 112 cm³/mol. The first-order chi connectivity index (χ1) is 14.9. The van der Waals surface area contributed by atoms with Crippen LogP contribution in [0.25, 0.3) is 0 Å². The molecule has 2 fully saturated rings. The normalized spacial score (nSPS) is 18.6. The number of methoxy groups -OCH3 is 1. The number of carbonyl (C=O) groups is 4. The molecule has 2 aliphatic rings. The largest absolute Gasteiger partial charge is 0.495 e. The van der Waals surface area contributed by atoms with Gasteiger partial charge < -0.3 is 14.4 Å². The molecule has 0 bridgehead atoms. The summed E-state index contributed by atoms with van der Waals surface area (Å²) in [6.45, 7) is 1.94. The van der Waals surface area contributed by atoms with Crippen molar-refractivity contribution in [3.8, 4) is 11.5 Å². The molecule has 0 N–H and O–H groups in total. The van der Waals surface area contributed by atoms with Crippen LogP contribution < -0.4 is 19.3 Å². The number of hydrogen-bond acceptors (Lipinski definition) is 6. The second-order valence-corrected chi connectivity index (χ2v) is 7.57. The number of amides is 3. The molecule has 3 amide bonds. The van der Waals surface area contributed by atoms with E-state index in [1.165, 1.54) is 16.9 Å². The van der Waals surface area contributed by atoms with Crippen molar-refractivity contribution in [2.24, 2.45) is 5.92 Å². The topological polar surface area (TPSA) is 93.2 Å². The van der Waals surface area contributed by atoms with E-state index in [1.54, 1.807) is 43.3 Å². The zero-order chi connectivity index (χ0) is 22.1. The number of esters is 1. The van der Waals surface area contributed by atoms with Crippen molar-refractivity contribution >= 4 is 35.1 Å². The Balaban J connectivity index is 1.46. The third-order valence-electron chi connectivity index (χ3n) is 5.51. The van der Waals surface area contributed by atoms with E-state index in [0.717, 1.165) is 0 Å². The molecule has 0 aromatic heterocycles. The van der Waals surface area contributed by atoms with Crippen molar-refractivity contribution in [2.45, 2.75) is 26.2 Å². The summed E-state index contributed by atoms with van der Waals surface area (Å²) in [6.07, 6.45) is 0.450. The smallest absolute Gasteiger partial charge is 0.316 e. The molecule has 2 aromatic carbocycles. The van der Waals surface area contributed by atoms with E-state index in [-0.39, 0.29) is 43.5 Å². The number of rotatable bonds is 5. The molecule has 2 heterocycles. The van der Waals surface area contributed by atoms with E-state index in [0.29, 0.717) is 28.4 Å². The van der Waals surface area contributed by atoms with E-state index in [4.69, 9.17) is 9.47 Å². The van der Waals surface area contributed by atoms with Crippen LogP contribution in [-0.4, -0.2) is 37.3 Å². The van der Waals surface area contributed by atoms with Crippen LogP contribution in [0.3, 0.4) is 0 Å². The van der Waals surface area contributed by atoms with Gasteiger partial charge >= 0.3 is 5.97 Å². The lowest BCUT2D eigenvalue weighted by molar-refractivity contribution is -0.139. The van der Waals surface area contributed by atoms with Crippen LogP contribution in [0.2, 0.25) is 0 Å². The van der Waals surface area contributed by atoms with Gasteiger partial charge in [-0.05, 0) is 42.8 Å². The van der Waals surface area contributed by atoms with Gasteiger partial charge in [0, 0.05) is 25.8 Å². The Kier molecular flexibility index (Phi) is 5.46. The molecule has 31 heavy (non-hydrogen) atoms. The van der Waals surface area contributed by atoms with Gasteiger partial charge in [0.1, 0.15) is 11.5 Å². The fourth-order valence-electron chi connectivity index (χ4n) is 3.94. The standard InChI is InChI=1S/C23H22N2O6/c1-14-11-16(7-8-17(14)25-20(26)9-10-21(25)27)31-23(29)15-12-22(28)24(13-15)18-5-3-4-6-19(18)30-2/h3-8,11,15H,9-10,12-13H2,1-2H3/t15-/m1/s1. The molecular weight excluding hydrogens is 400 g/mol. The molecule has 2 aromatic rings. The highest BCUT2D eigenvalue weighted by Gasteiger charge is 2.37. The average molecular weight is 422 g/mol. The number of hydrogen-bond donors (Lipinski definition) is 0. The van der Waals surface area contributed by atoms with Crippen molar-refractivity contribution in [2.75, 3.05) is 23.5 Å². The minimum absolute atomic E-state index is 0.0464. The van der Waals surface area contributed by atoms with Gasteiger partial charge in [-0.2, -0.15) is 0 Å². The zero-order valence-corrected chi connectivity index (χ0v) is 17.3. The predicted octanol–water partition coefficient (Wildman–Crippen LogP) is 2.62. The molecular formula is C23H22N2O6. The Hall–Kier alpha value is -3.68. The maximum Gasteiger partial charge on any atom is 0.316 e. The van der Waals surface area contributed by atoms with E-state index >= 15 is 0 Å². The number of anilines is 2. The molecule has 0 spiro atoms. The number of carbonyl (C=O) groups excluding carboxylic acids is 4.